The van der Waals surface area contributed by atoms with Gasteiger partial charge in [0.05, 0.1) is 19.0 Å². The highest BCUT2D eigenvalue weighted by Crippen LogP contribution is 2.28. The minimum atomic E-state index is 0.630. The van der Waals surface area contributed by atoms with Gasteiger partial charge in [0.15, 0.2) is 5.75 Å². The Labute approximate surface area is 135 Å². The van der Waals surface area contributed by atoms with E-state index in [1.165, 1.54) is 5.56 Å². The third-order valence-corrected chi connectivity index (χ3v) is 3.63. The summed E-state index contributed by atoms with van der Waals surface area (Å²) in [5.41, 5.74) is 2.83. The first-order valence-electron chi connectivity index (χ1n) is 7.33. The summed E-state index contributed by atoms with van der Waals surface area (Å²) in [7, 11) is 5.47. The van der Waals surface area contributed by atoms with Crippen LogP contribution in [0.1, 0.15) is 5.56 Å². The summed E-state index contributed by atoms with van der Waals surface area (Å²) in [4.78, 5) is 11.1. The number of aryl methyl sites for hydroxylation is 1. The fraction of sp³-hybridized carbons (Fsp3) is 0.235. The smallest absolute Gasteiger partial charge is 0.226 e. The van der Waals surface area contributed by atoms with Crippen molar-refractivity contribution < 1.29 is 4.74 Å². The maximum atomic E-state index is 5.39. The van der Waals surface area contributed by atoms with Gasteiger partial charge in [0.25, 0.3) is 0 Å². The van der Waals surface area contributed by atoms with Gasteiger partial charge in [-0.15, -0.1) is 0 Å². The summed E-state index contributed by atoms with van der Waals surface area (Å²) < 4.78 is 7.16. The van der Waals surface area contributed by atoms with Crippen molar-refractivity contribution >= 4 is 5.95 Å². The van der Waals surface area contributed by atoms with Gasteiger partial charge in [-0.1, -0.05) is 30.3 Å². The first-order valence-corrected chi connectivity index (χ1v) is 7.33. The van der Waals surface area contributed by atoms with Crippen LogP contribution in [0.3, 0.4) is 0 Å². The Hall–Kier alpha value is -2.89. The van der Waals surface area contributed by atoms with E-state index in [4.69, 9.17) is 4.74 Å². The predicted octanol–water partition coefficient (Wildman–Crippen LogP) is 2.52. The highest BCUT2D eigenvalue weighted by molar-refractivity contribution is 5.63. The monoisotopic (exact) mass is 309 g/mol. The van der Waals surface area contributed by atoms with Gasteiger partial charge >= 0.3 is 0 Å². The maximum absolute atomic E-state index is 5.39. The number of hydrogen-bond acceptors (Lipinski definition) is 5. The van der Waals surface area contributed by atoms with Crippen LogP contribution in [0, 0.1) is 0 Å². The van der Waals surface area contributed by atoms with E-state index in [1.807, 2.05) is 43.3 Å². The lowest BCUT2D eigenvalue weighted by Gasteiger charge is -2.18. The molecule has 0 saturated carbocycles. The molecule has 2 aromatic heterocycles. The zero-order valence-electron chi connectivity index (χ0n) is 13.5. The lowest BCUT2D eigenvalue weighted by molar-refractivity contribution is 0.412. The van der Waals surface area contributed by atoms with E-state index in [0.29, 0.717) is 11.7 Å². The summed E-state index contributed by atoms with van der Waals surface area (Å²) in [6, 6.07) is 12.1. The van der Waals surface area contributed by atoms with Crippen molar-refractivity contribution in [3.63, 3.8) is 0 Å². The van der Waals surface area contributed by atoms with Gasteiger partial charge in [-0.25, -0.2) is 9.97 Å². The second kappa shape index (κ2) is 6.48. The molecule has 6 nitrogen and oxygen atoms in total. The number of aromatic nitrogens is 4. The van der Waals surface area contributed by atoms with Gasteiger partial charge in [-0.05, 0) is 11.6 Å². The van der Waals surface area contributed by atoms with Gasteiger partial charge in [0, 0.05) is 26.8 Å². The van der Waals surface area contributed by atoms with Crippen molar-refractivity contribution in [2.45, 2.75) is 6.54 Å². The summed E-state index contributed by atoms with van der Waals surface area (Å²) in [6.07, 6.45) is 3.44. The second-order valence-corrected chi connectivity index (χ2v) is 5.27. The lowest BCUT2D eigenvalue weighted by atomic mass is 10.2. The number of methoxy groups -OCH3 is 1. The van der Waals surface area contributed by atoms with Gasteiger partial charge in [-0.3, -0.25) is 4.68 Å². The molecule has 3 rings (SSSR count). The van der Waals surface area contributed by atoms with Crippen molar-refractivity contribution in [1.29, 1.82) is 0 Å². The number of benzene rings is 1. The molecular formula is C17H19N5O. The minimum absolute atomic E-state index is 0.630. The molecule has 0 bridgehead atoms. The Morgan fingerprint density at radius 1 is 1.17 bits per heavy atom. The molecule has 6 heteroatoms. The van der Waals surface area contributed by atoms with Crippen LogP contribution in [-0.2, 0) is 13.6 Å². The molecule has 0 N–H and O–H groups in total. The van der Waals surface area contributed by atoms with Crippen LogP contribution in [0.25, 0.3) is 11.4 Å². The lowest BCUT2D eigenvalue weighted by Crippen LogP contribution is -2.19. The number of anilines is 1. The standard InChI is InChI=1S/C17H19N5O/c1-21(12-13-7-5-4-6-8-13)17-18-11-15(23-3)16(20-17)14-9-10-19-22(14)2/h4-11H,12H2,1-3H3. The highest BCUT2D eigenvalue weighted by atomic mass is 16.5. The van der Waals surface area contributed by atoms with Gasteiger partial charge in [0.2, 0.25) is 5.95 Å². The molecule has 0 amide bonds. The molecule has 0 radical (unpaired) electrons. The SMILES string of the molecule is COc1cnc(N(C)Cc2ccccc2)nc1-c1ccnn1C. The van der Waals surface area contributed by atoms with E-state index in [9.17, 15) is 0 Å². The molecule has 0 aliphatic heterocycles. The molecule has 3 aromatic rings. The highest BCUT2D eigenvalue weighted by Gasteiger charge is 2.15. The summed E-state index contributed by atoms with van der Waals surface area (Å²) in [5.74, 6) is 1.27. The largest absolute Gasteiger partial charge is 0.493 e. The predicted molar refractivity (Wildman–Crippen MR) is 89.3 cm³/mol. The molecule has 1 aromatic carbocycles. The fourth-order valence-corrected chi connectivity index (χ4v) is 2.41. The number of rotatable bonds is 5. The second-order valence-electron chi connectivity index (χ2n) is 5.27. The Kier molecular flexibility index (Phi) is 4.23. The Morgan fingerprint density at radius 2 is 1.96 bits per heavy atom. The Balaban J connectivity index is 1.93. The van der Waals surface area contributed by atoms with Crippen LogP contribution < -0.4 is 9.64 Å². The molecule has 0 aliphatic rings. The maximum Gasteiger partial charge on any atom is 0.226 e. The van der Waals surface area contributed by atoms with E-state index in [0.717, 1.165) is 17.9 Å². The molecule has 0 spiro atoms. The molecule has 0 saturated heterocycles. The minimum Gasteiger partial charge on any atom is -0.493 e. The first-order chi connectivity index (χ1) is 11.2. The summed E-state index contributed by atoms with van der Waals surface area (Å²) >= 11 is 0. The Bertz CT molecular complexity index is 785. The van der Waals surface area contributed by atoms with Crippen LogP contribution in [0.2, 0.25) is 0 Å². The van der Waals surface area contributed by atoms with Crippen LogP contribution in [0.4, 0.5) is 5.95 Å². The van der Waals surface area contributed by atoms with Crippen LogP contribution in [-0.4, -0.2) is 33.9 Å². The molecule has 0 aliphatic carbocycles. The average molecular weight is 309 g/mol. The molecule has 23 heavy (non-hydrogen) atoms. The third kappa shape index (κ3) is 3.15. The normalized spacial score (nSPS) is 10.6. The van der Waals surface area contributed by atoms with Crippen LogP contribution in [0.15, 0.2) is 48.8 Å². The van der Waals surface area contributed by atoms with E-state index in [1.54, 1.807) is 24.2 Å². The van der Waals surface area contributed by atoms with Gasteiger partial charge < -0.3 is 9.64 Å². The topological polar surface area (TPSA) is 56.1 Å². The van der Waals surface area contributed by atoms with Crippen LogP contribution >= 0.6 is 0 Å². The van der Waals surface area contributed by atoms with Crippen molar-refractivity contribution in [3.8, 4) is 17.1 Å². The van der Waals surface area contributed by atoms with E-state index in [2.05, 4.69) is 27.2 Å². The molecule has 0 fully saturated rings. The van der Waals surface area contributed by atoms with Crippen molar-refractivity contribution in [3.05, 3.63) is 54.4 Å². The number of ether oxygens (including phenoxy) is 1. The number of nitrogens with zero attached hydrogens (tertiary/aromatic N) is 5. The molecule has 2 heterocycles. The summed E-state index contributed by atoms with van der Waals surface area (Å²) in [5, 5.41) is 4.20. The fourth-order valence-electron chi connectivity index (χ4n) is 2.41. The van der Waals surface area contributed by atoms with Crippen molar-refractivity contribution in [2.75, 3.05) is 19.1 Å². The molecule has 0 unspecified atom stereocenters. The molecular weight excluding hydrogens is 290 g/mol. The van der Waals surface area contributed by atoms with E-state index < -0.39 is 0 Å². The van der Waals surface area contributed by atoms with Crippen LogP contribution in [0.5, 0.6) is 5.75 Å². The molecule has 118 valence electrons. The van der Waals surface area contributed by atoms with Gasteiger partial charge in [-0.2, -0.15) is 5.10 Å². The van der Waals surface area contributed by atoms with Gasteiger partial charge in [0.1, 0.15) is 5.69 Å². The zero-order valence-corrected chi connectivity index (χ0v) is 13.5. The van der Waals surface area contributed by atoms with E-state index in [-0.39, 0.29) is 0 Å². The quantitative estimate of drug-likeness (QED) is 0.725. The zero-order chi connectivity index (χ0) is 16.2. The van der Waals surface area contributed by atoms with Crippen molar-refractivity contribution in [2.24, 2.45) is 7.05 Å². The average Bonchev–Trinajstić information content (AvgIpc) is 3.01. The molecule has 0 atom stereocenters. The van der Waals surface area contributed by atoms with E-state index >= 15 is 0 Å². The third-order valence-electron chi connectivity index (χ3n) is 3.63. The Morgan fingerprint density at radius 3 is 2.61 bits per heavy atom. The first kappa shape index (κ1) is 15.0. The summed E-state index contributed by atoms with van der Waals surface area (Å²) in [6.45, 7) is 0.734. The van der Waals surface area contributed by atoms with Crippen molar-refractivity contribution in [1.82, 2.24) is 19.7 Å². The number of hydrogen-bond donors (Lipinski definition) is 0.